The average molecular weight is 282 g/mol. The van der Waals surface area contributed by atoms with Crippen molar-refractivity contribution in [1.29, 1.82) is 0 Å². The number of urea groups is 1. The predicted molar refractivity (Wildman–Crippen MR) is 56.1 cm³/mol. The number of amides is 2. The minimum absolute atomic E-state index is 0.159. The first-order chi connectivity index (χ1) is 8.32. The summed E-state index contributed by atoms with van der Waals surface area (Å²) in [5, 5.41) is 15.6. The van der Waals surface area contributed by atoms with E-state index in [2.05, 4.69) is 14.9 Å². The van der Waals surface area contributed by atoms with Crippen LogP contribution >= 0.6 is 11.5 Å². The van der Waals surface area contributed by atoms with Gasteiger partial charge in [0.05, 0.1) is 12.7 Å². The standard InChI is InChI=1S/C8H9F3N4O2S/c9-8(10,11)7(17)1-2-15(4-7)6(16)13-5-3-12-14-18-5/h3,17H,1-2,4H2,(H,13,16). The number of anilines is 1. The molecule has 1 saturated heterocycles. The topological polar surface area (TPSA) is 78.4 Å². The van der Waals surface area contributed by atoms with Crippen LogP contribution in [0.5, 0.6) is 0 Å². The number of rotatable bonds is 1. The highest BCUT2D eigenvalue weighted by Gasteiger charge is 2.57. The van der Waals surface area contributed by atoms with Crippen molar-refractivity contribution in [2.75, 3.05) is 18.4 Å². The fourth-order valence-corrected chi connectivity index (χ4v) is 2.01. The molecular weight excluding hydrogens is 273 g/mol. The number of carbonyl (C=O) groups excluding carboxylic acids is 1. The molecule has 100 valence electrons. The first kappa shape index (κ1) is 13.0. The molecule has 2 N–H and O–H groups in total. The number of aliphatic hydroxyl groups is 1. The van der Waals surface area contributed by atoms with Gasteiger partial charge in [-0.25, -0.2) is 4.79 Å². The van der Waals surface area contributed by atoms with Gasteiger partial charge < -0.3 is 10.0 Å². The fraction of sp³-hybridized carbons (Fsp3) is 0.625. The summed E-state index contributed by atoms with van der Waals surface area (Å²) in [6.07, 6.45) is -3.98. The molecule has 1 atom stereocenters. The van der Waals surface area contributed by atoms with Gasteiger partial charge in [-0.3, -0.25) is 5.32 Å². The molecule has 0 saturated carbocycles. The van der Waals surface area contributed by atoms with Crippen LogP contribution in [0.3, 0.4) is 0 Å². The Balaban J connectivity index is 1.99. The number of nitrogens with one attached hydrogen (secondary N) is 1. The quantitative estimate of drug-likeness (QED) is 0.807. The summed E-state index contributed by atoms with van der Waals surface area (Å²) in [4.78, 5) is 12.5. The lowest BCUT2D eigenvalue weighted by molar-refractivity contribution is -0.253. The molecule has 1 aliphatic heterocycles. The number of nitrogens with zero attached hydrogens (tertiary/aromatic N) is 3. The van der Waals surface area contributed by atoms with Crippen molar-refractivity contribution in [2.24, 2.45) is 0 Å². The zero-order chi connectivity index (χ0) is 13.4. The van der Waals surface area contributed by atoms with Crippen LogP contribution in [0.15, 0.2) is 6.20 Å². The molecule has 0 aromatic carbocycles. The third kappa shape index (κ3) is 2.38. The zero-order valence-corrected chi connectivity index (χ0v) is 9.75. The fourth-order valence-electron chi connectivity index (χ4n) is 1.61. The van der Waals surface area contributed by atoms with Crippen LogP contribution < -0.4 is 5.32 Å². The number of aromatic nitrogens is 2. The van der Waals surface area contributed by atoms with Crippen LogP contribution in [0.2, 0.25) is 0 Å². The van der Waals surface area contributed by atoms with Gasteiger partial charge in [0, 0.05) is 24.5 Å². The maximum absolute atomic E-state index is 12.5. The molecule has 2 amide bonds. The lowest BCUT2D eigenvalue weighted by Crippen LogP contribution is -2.48. The second kappa shape index (κ2) is 4.35. The highest BCUT2D eigenvalue weighted by molar-refractivity contribution is 7.10. The summed E-state index contributed by atoms with van der Waals surface area (Å²) in [5.41, 5.74) is -2.82. The van der Waals surface area contributed by atoms with Gasteiger partial charge in [0.2, 0.25) is 0 Å². The zero-order valence-electron chi connectivity index (χ0n) is 8.94. The molecule has 6 nitrogen and oxygen atoms in total. The molecule has 18 heavy (non-hydrogen) atoms. The Morgan fingerprint density at radius 3 is 2.83 bits per heavy atom. The highest BCUT2D eigenvalue weighted by atomic mass is 32.1. The maximum Gasteiger partial charge on any atom is 0.419 e. The summed E-state index contributed by atoms with van der Waals surface area (Å²) < 4.78 is 41.1. The van der Waals surface area contributed by atoms with Crippen molar-refractivity contribution in [3.05, 3.63) is 6.20 Å². The lowest BCUT2D eigenvalue weighted by Gasteiger charge is -2.25. The van der Waals surface area contributed by atoms with Gasteiger partial charge in [0.25, 0.3) is 0 Å². The van der Waals surface area contributed by atoms with Gasteiger partial charge in [0.15, 0.2) is 5.60 Å². The van der Waals surface area contributed by atoms with Crippen LogP contribution in [0, 0.1) is 0 Å². The molecule has 0 aliphatic carbocycles. The molecule has 10 heteroatoms. The van der Waals surface area contributed by atoms with E-state index in [1.165, 1.54) is 6.20 Å². The van der Waals surface area contributed by atoms with Crippen LogP contribution in [-0.4, -0.2) is 50.5 Å². The third-order valence-electron chi connectivity index (χ3n) is 2.65. The molecule has 1 fully saturated rings. The van der Waals surface area contributed by atoms with Gasteiger partial charge in [0.1, 0.15) is 5.00 Å². The van der Waals surface area contributed by atoms with Gasteiger partial charge in [-0.15, -0.1) is 5.10 Å². The number of β-amino-alcohol motifs (C(OH)–C–C–N with tert-alkyl or cyclic N) is 1. The van der Waals surface area contributed by atoms with Crippen LogP contribution in [0.4, 0.5) is 23.0 Å². The lowest BCUT2D eigenvalue weighted by atomic mass is 10.0. The van der Waals surface area contributed by atoms with Gasteiger partial charge in [-0.2, -0.15) is 13.2 Å². The number of halogens is 3. The first-order valence-corrected chi connectivity index (χ1v) is 5.71. The SMILES string of the molecule is O=C(Nc1cnns1)N1CCC(O)(C(F)(F)F)C1. The van der Waals surface area contributed by atoms with E-state index >= 15 is 0 Å². The van der Waals surface area contributed by atoms with Crippen LogP contribution in [0.1, 0.15) is 6.42 Å². The molecule has 1 aliphatic rings. The molecule has 2 rings (SSSR count). The van der Waals surface area contributed by atoms with E-state index in [4.69, 9.17) is 0 Å². The summed E-state index contributed by atoms with van der Waals surface area (Å²) in [7, 11) is 0. The van der Waals surface area contributed by atoms with Gasteiger partial charge in [-0.05, 0) is 0 Å². The van der Waals surface area contributed by atoms with Crippen molar-refractivity contribution >= 4 is 22.6 Å². The first-order valence-electron chi connectivity index (χ1n) is 4.94. The summed E-state index contributed by atoms with van der Waals surface area (Å²) in [5.74, 6) is 0. The van der Waals surface area contributed by atoms with Crippen molar-refractivity contribution < 1.29 is 23.1 Å². The van der Waals surface area contributed by atoms with E-state index < -0.39 is 30.8 Å². The Morgan fingerprint density at radius 2 is 2.33 bits per heavy atom. The highest BCUT2D eigenvalue weighted by Crippen LogP contribution is 2.37. The smallest absolute Gasteiger partial charge is 0.379 e. The van der Waals surface area contributed by atoms with Crippen molar-refractivity contribution in [1.82, 2.24) is 14.5 Å². The predicted octanol–water partition coefficient (Wildman–Crippen LogP) is 1.07. The number of likely N-dealkylation sites (tertiary alicyclic amines) is 1. The van der Waals surface area contributed by atoms with Crippen molar-refractivity contribution in [2.45, 2.75) is 18.2 Å². The van der Waals surface area contributed by atoms with E-state index in [0.29, 0.717) is 5.00 Å². The van der Waals surface area contributed by atoms with Gasteiger partial charge in [-0.1, -0.05) is 4.49 Å². The Labute approximate surface area is 104 Å². The Hall–Kier alpha value is -1.42. The number of carbonyl (C=O) groups is 1. The van der Waals surface area contributed by atoms with E-state index in [1.807, 2.05) is 0 Å². The maximum atomic E-state index is 12.5. The summed E-state index contributed by atoms with van der Waals surface area (Å²) >= 11 is 0.911. The minimum atomic E-state index is -4.74. The normalized spacial score (nSPS) is 24.3. The largest absolute Gasteiger partial charge is 0.419 e. The monoisotopic (exact) mass is 282 g/mol. The Morgan fingerprint density at radius 1 is 1.61 bits per heavy atom. The van der Waals surface area contributed by atoms with E-state index in [-0.39, 0.29) is 6.54 Å². The molecule has 1 aromatic heterocycles. The Kier molecular flexibility index (Phi) is 3.15. The molecule has 1 aromatic rings. The molecule has 0 spiro atoms. The van der Waals surface area contributed by atoms with E-state index in [9.17, 15) is 23.1 Å². The molecule has 0 bridgehead atoms. The van der Waals surface area contributed by atoms with Crippen LogP contribution in [-0.2, 0) is 0 Å². The second-order valence-electron chi connectivity index (χ2n) is 3.91. The second-order valence-corrected chi connectivity index (χ2v) is 4.70. The van der Waals surface area contributed by atoms with Crippen molar-refractivity contribution in [3.8, 4) is 0 Å². The van der Waals surface area contributed by atoms with E-state index in [1.54, 1.807) is 0 Å². The number of alkyl halides is 3. The Bertz CT molecular complexity index is 438. The van der Waals surface area contributed by atoms with Crippen molar-refractivity contribution in [3.63, 3.8) is 0 Å². The molecule has 2 heterocycles. The van der Waals surface area contributed by atoms with E-state index in [0.717, 1.165) is 16.4 Å². The number of hydrogen-bond donors (Lipinski definition) is 2. The molecule has 0 radical (unpaired) electrons. The van der Waals surface area contributed by atoms with Crippen LogP contribution in [0.25, 0.3) is 0 Å². The summed E-state index contributed by atoms with van der Waals surface area (Å²) in [6.45, 7) is -0.928. The van der Waals surface area contributed by atoms with Gasteiger partial charge >= 0.3 is 12.2 Å². The number of hydrogen-bond acceptors (Lipinski definition) is 5. The third-order valence-corrected chi connectivity index (χ3v) is 3.23. The molecule has 1 unspecified atom stereocenters. The molecular formula is C8H9F3N4O2S. The average Bonchev–Trinajstić information content (AvgIpc) is 2.86. The minimum Gasteiger partial charge on any atom is -0.379 e. The summed E-state index contributed by atoms with van der Waals surface area (Å²) in [6, 6.07) is -0.707.